The van der Waals surface area contributed by atoms with Gasteiger partial charge in [0, 0.05) is 27.5 Å². The maximum absolute atomic E-state index is 4.98. The van der Waals surface area contributed by atoms with E-state index >= 15 is 0 Å². The number of fused-ring (bicyclic) bond motifs is 1. The molecule has 0 saturated heterocycles. The van der Waals surface area contributed by atoms with Crippen LogP contribution in [-0.2, 0) is 0 Å². The fourth-order valence-corrected chi connectivity index (χ4v) is 4.44. The van der Waals surface area contributed by atoms with Gasteiger partial charge in [0.2, 0.25) is 4.80 Å². The molecule has 1 aliphatic rings. The highest BCUT2D eigenvalue weighted by atomic mass is 32.1. The largest absolute Gasteiger partial charge is 0.358 e. The maximum Gasteiger partial charge on any atom is 0.206 e. The number of hydrogen-bond acceptors (Lipinski definition) is 3. The zero-order valence-electron chi connectivity index (χ0n) is 14.8. The van der Waals surface area contributed by atoms with Gasteiger partial charge in [0.1, 0.15) is 0 Å². The van der Waals surface area contributed by atoms with Gasteiger partial charge in [0.25, 0.3) is 0 Å². The van der Waals surface area contributed by atoms with Gasteiger partial charge in [-0.1, -0.05) is 37.5 Å². The number of para-hydroxylation sites is 1. The van der Waals surface area contributed by atoms with E-state index in [0.717, 1.165) is 27.3 Å². The molecular weight excluding hydrogens is 328 g/mol. The minimum Gasteiger partial charge on any atom is -0.358 e. The van der Waals surface area contributed by atoms with Gasteiger partial charge in [-0.3, -0.25) is 4.99 Å². The first kappa shape index (κ1) is 16.3. The molecule has 3 aromatic rings. The summed E-state index contributed by atoms with van der Waals surface area (Å²) in [7, 11) is 0. The third kappa shape index (κ3) is 3.33. The number of H-pyrrole nitrogens is 1. The van der Waals surface area contributed by atoms with E-state index in [4.69, 9.17) is 10.1 Å². The van der Waals surface area contributed by atoms with Crippen LogP contribution in [0.5, 0.6) is 0 Å². The lowest BCUT2D eigenvalue weighted by atomic mass is 9.96. The van der Waals surface area contributed by atoms with Crippen molar-refractivity contribution < 1.29 is 0 Å². The summed E-state index contributed by atoms with van der Waals surface area (Å²) in [5.41, 5.74) is 4.58. The number of aromatic amines is 1. The normalized spacial score (nSPS) is 17.1. The van der Waals surface area contributed by atoms with Crippen molar-refractivity contribution in [3.05, 3.63) is 51.4 Å². The molecule has 0 radical (unpaired) electrons. The third-order valence-electron chi connectivity index (χ3n) is 4.96. The monoisotopic (exact) mass is 352 g/mol. The van der Waals surface area contributed by atoms with Gasteiger partial charge in [-0.05, 0) is 32.8 Å². The van der Waals surface area contributed by atoms with Crippen LogP contribution in [0, 0.1) is 13.8 Å². The van der Waals surface area contributed by atoms with Crippen LogP contribution >= 0.6 is 11.3 Å². The van der Waals surface area contributed by atoms with E-state index in [-0.39, 0.29) is 0 Å². The molecule has 0 unspecified atom stereocenters. The number of thiazole rings is 1. The second kappa shape index (κ2) is 7.00. The van der Waals surface area contributed by atoms with Crippen molar-refractivity contribution in [2.24, 2.45) is 10.1 Å². The summed E-state index contributed by atoms with van der Waals surface area (Å²) in [5, 5.41) is 8.12. The number of aromatic nitrogens is 2. The lowest BCUT2D eigenvalue weighted by molar-refractivity contribution is 0.435. The first-order valence-corrected chi connectivity index (χ1v) is 9.93. The highest BCUT2D eigenvalue weighted by Gasteiger charge is 2.12. The van der Waals surface area contributed by atoms with E-state index in [9.17, 15) is 0 Å². The van der Waals surface area contributed by atoms with Crippen molar-refractivity contribution in [3.8, 4) is 0 Å². The summed E-state index contributed by atoms with van der Waals surface area (Å²) >= 11 is 1.69. The number of aryl methyl sites for hydroxylation is 2. The lowest BCUT2D eigenvalue weighted by Crippen LogP contribution is -2.19. The average molecular weight is 353 g/mol. The van der Waals surface area contributed by atoms with Gasteiger partial charge >= 0.3 is 0 Å². The minimum absolute atomic E-state index is 0.461. The Hall–Kier alpha value is -2.14. The Labute approximate surface area is 151 Å². The Morgan fingerprint density at radius 1 is 1.16 bits per heavy atom. The summed E-state index contributed by atoms with van der Waals surface area (Å²) in [6.45, 7) is 4.19. The molecule has 25 heavy (non-hydrogen) atoms. The highest BCUT2D eigenvalue weighted by Crippen LogP contribution is 2.21. The van der Waals surface area contributed by atoms with Crippen molar-refractivity contribution in [1.29, 1.82) is 0 Å². The fraction of sp³-hybridized carbons (Fsp3) is 0.400. The molecule has 1 aliphatic carbocycles. The summed E-state index contributed by atoms with van der Waals surface area (Å²) < 4.78 is 1.99. The van der Waals surface area contributed by atoms with Crippen LogP contribution in [0.1, 0.15) is 49.1 Å². The van der Waals surface area contributed by atoms with Crippen molar-refractivity contribution in [2.45, 2.75) is 52.0 Å². The van der Waals surface area contributed by atoms with Crippen LogP contribution in [0.4, 0.5) is 0 Å². The second-order valence-corrected chi connectivity index (χ2v) is 7.68. The molecule has 1 saturated carbocycles. The molecule has 1 aromatic carbocycles. The molecule has 1 N–H and O–H groups in total. The van der Waals surface area contributed by atoms with Crippen molar-refractivity contribution >= 4 is 28.5 Å². The van der Waals surface area contributed by atoms with E-state index in [0.29, 0.717) is 6.04 Å². The molecule has 0 aliphatic heterocycles. The Bertz CT molecular complexity index is 967. The van der Waals surface area contributed by atoms with Crippen LogP contribution in [0.15, 0.2) is 39.7 Å². The second-order valence-electron chi connectivity index (χ2n) is 6.85. The van der Waals surface area contributed by atoms with E-state index in [1.54, 1.807) is 11.3 Å². The van der Waals surface area contributed by atoms with Crippen LogP contribution in [-0.4, -0.2) is 21.9 Å². The zero-order chi connectivity index (χ0) is 17.2. The molecule has 130 valence electrons. The number of benzene rings is 1. The molecule has 0 amide bonds. The quantitative estimate of drug-likeness (QED) is 0.661. The van der Waals surface area contributed by atoms with Crippen molar-refractivity contribution in [1.82, 2.24) is 9.66 Å². The molecule has 2 heterocycles. The maximum atomic E-state index is 4.98. The summed E-state index contributed by atoms with van der Waals surface area (Å²) in [6, 6.07) is 8.83. The SMILES string of the molecule is Cc1[nH]c2ccccc2c1C=Nn1c(C)csc1=NC1CCCCC1. The standard InChI is InChI=1S/C20H24N4S/c1-14-13-25-20(23-16-8-4-3-5-9-16)24(14)21-12-18-15(2)22-19-11-7-6-10-17(18)19/h6-7,10-13,16,22H,3-5,8-9H2,1-2H3. The number of nitrogens with zero attached hydrogens (tertiary/aromatic N) is 3. The average Bonchev–Trinajstić information content (AvgIpc) is 3.13. The lowest BCUT2D eigenvalue weighted by Gasteiger charge is -2.16. The van der Waals surface area contributed by atoms with Crippen LogP contribution in [0.3, 0.4) is 0 Å². The number of nitrogens with one attached hydrogen (secondary N) is 1. The van der Waals surface area contributed by atoms with Crippen LogP contribution in [0.2, 0.25) is 0 Å². The molecule has 1 fully saturated rings. The molecule has 4 rings (SSSR count). The van der Waals surface area contributed by atoms with E-state index in [1.165, 1.54) is 37.5 Å². The van der Waals surface area contributed by atoms with E-state index in [1.807, 2.05) is 10.9 Å². The van der Waals surface area contributed by atoms with Crippen molar-refractivity contribution in [2.75, 3.05) is 0 Å². The van der Waals surface area contributed by atoms with E-state index in [2.05, 4.69) is 48.5 Å². The van der Waals surface area contributed by atoms with Gasteiger partial charge in [0.15, 0.2) is 0 Å². The smallest absolute Gasteiger partial charge is 0.206 e. The Morgan fingerprint density at radius 2 is 1.96 bits per heavy atom. The highest BCUT2D eigenvalue weighted by molar-refractivity contribution is 7.07. The predicted molar refractivity (Wildman–Crippen MR) is 106 cm³/mol. The Balaban J connectivity index is 1.70. The minimum atomic E-state index is 0.461. The summed E-state index contributed by atoms with van der Waals surface area (Å²) in [6.07, 6.45) is 8.35. The fourth-order valence-electron chi connectivity index (χ4n) is 3.56. The molecule has 0 spiro atoms. The summed E-state index contributed by atoms with van der Waals surface area (Å²) in [5.74, 6) is 0. The third-order valence-corrected chi connectivity index (χ3v) is 5.91. The topological polar surface area (TPSA) is 45.4 Å². The molecule has 2 aromatic heterocycles. The van der Waals surface area contributed by atoms with Gasteiger partial charge in [-0.2, -0.15) is 5.10 Å². The van der Waals surface area contributed by atoms with Crippen molar-refractivity contribution in [3.63, 3.8) is 0 Å². The van der Waals surface area contributed by atoms with Gasteiger partial charge in [-0.15, -0.1) is 11.3 Å². The van der Waals surface area contributed by atoms with Gasteiger partial charge < -0.3 is 4.98 Å². The Kier molecular flexibility index (Phi) is 4.57. The molecule has 0 atom stereocenters. The first-order valence-electron chi connectivity index (χ1n) is 9.05. The van der Waals surface area contributed by atoms with Crippen LogP contribution < -0.4 is 4.80 Å². The van der Waals surface area contributed by atoms with E-state index < -0.39 is 0 Å². The molecular formula is C20H24N4S. The first-order chi connectivity index (χ1) is 12.2. The molecule has 5 heteroatoms. The van der Waals surface area contributed by atoms with Gasteiger partial charge in [-0.25, -0.2) is 4.68 Å². The zero-order valence-corrected chi connectivity index (χ0v) is 15.6. The molecule has 0 bridgehead atoms. The molecule has 4 nitrogen and oxygen atoms in total. The number of hydrogen-bond donors (Lipinski definition) is 1. The Morgan fingerprint density at radius 3 is 2.80 bits per heavy atom. The van der Waals surface area contributed by atoms with Gasteiger partial charge in [0.05, 0.1) is 18.0 Å². The predicted octanol–water partition coefficient (Wildman–Crippen LogP) is 4.76. The van der Waals surface area contributed by atoms with Crippen LogP contribution in [0.25, 0.3) is 10.9 Å². The number of rotatable bonds is 3. The summed E-state index contributed by atoms with van der Waals surface area (Å²) in [4.78, 5) is 9.43.